The molecule has 1 aromatic rings. The van der Waals surface area contributed by atoms with Crippen LogP contribution in [0.15, 0.2) is 24.3 Å². The topological polar surface area (TPSA) is 24.5 Å². The largest absolute Gasteiger partial charge is 0.494 e. The summed E-state index contributed by atoms with van der Waals surface area (Å²) in [5.41, 5.74) is 1.36. The van der Waals surface area contributed by atoms with Gasteiger partial charge in [-0.3, -0.25) is 0 Å². The fraction of sp³-hybridized carbons (Fsp3) is 0.667. The van der Waals surface area contributed by atoms with Gasteiger partial charge < -0.3 is 15.0 Å². The van der Waals surface area contributed by atoms with Gasteiger partial charge in [0.25, 0.3) is 0 Å². The summed E-state index contributed by atoms with van der Waals surface area (Å²) in [7, 11) is 0. The summed E-state index contributed by atoms with van der Waals surface area (Å²) < 4.78 is 5.53. The van der Waals surface area contributed by atoms with Crippen LogP contribution in [-0.2, 0) is 0 Å². The Balaban J connectivity index is 1.99. The molecule has 0 radical (unpaired) electrons. The van der Waals surface area contributed by atoms with Gasteiger partial charge in [0, 0.05) is 19.1 Å². The molecule has 0 saturated carbocycles. The SMILES string of the molecule is CCNC(CN1CCCC(C)C1)c1ccc(OCC)cc1. The maximum absolute atomic E-state index is 5.53. The zero-order valence-corrected chi connectivity index (χ0v) is 13.8. The van der Waals surface area contributed by atoms with Gasteiger partial charge in [-0.2, -0.15) is 0 Å². The number of likely N-dealkylation sites (N-methyl/N-ethyl adjacent to an activating group) is 1. The van der Waals surface area contributed by atoms with Gasteiger partial charge in [0.1, 0.15) is 5.75 Å². The molecule has 1 heterocycles. The van der Waals surface area contributed by atoms with Crippen LogP contribution < -0.4 is 10.1 Å². The van der Waals surface area contributed by atoms with Crippen molar-refractivity contribution in [1.82, 2.24) is 10.2 Å². The lowest BCUT2D eigenvalue weighted by molar-refractivity contribution is 0.167. The molecule has 3 heteroatoms. The van der Waals surface area contributed by atoms with Crippen LogP contribution in [-0.4, -0.2) is 37.7 Å². The van der Waals surface area contributed by atoms with Gasteiger partial charge >= 0.3 is 0 Å². The first-order chi connectivity index (χ1) is 10.2. The van der Waals surface area contributed by atoms with E-state index in [-0.39, 0.29) is 0 Å². The van der Waals surface area contributed by atoms with Crippen molar-refractivity contribution < 1.29 is 4.74 Å². The lowest BCUT2D eigenvalue weighted by atomic mass is 9.98. The quantitative estimate of drug-likeness (QED) is 0.832. The molecule has 3 nitrogen and oxygen atoms in total. The molecule has 0 aromatic heterocycles. The van der Waals surface area contributed by atoms with Gasteiger partial charge in [0.15, 0.2) is 0 Å². The van der Waals surface area contributed by atoms with E-state index < -0.39 is 0 Å². The van der Waals surface area contributed by atoms with Crippen molar-refractivity contribution in [3.63, 3.8) is 0 Å². The Kier molecular flexibility index (Phi) is 6.52. The maximum atomic E-state index is 5.53. The molecule has 1 saturated heterocycles. The van der Waals surface area contributed by atoms with E-state index in [2.05, 4.69) is 48.3 Å². The second-order valence-electron chi connectivity index (χ2n) is 6.12. The van der Waals surface area contributed by atoms with Crippen LogP contribution in [0, 0.1) is 5.92 Å². The molecule has 21 heavy (non-hydrogen) atoms. The highest BCUT2D eigenvalue weighted by molar-refractivity contribution is 5.29. The lowest BCUT2D eigenvalue weighted by Crippen LogP contribution is -2.40. The highest BCUT2D eigenvalue weighted by atomic mass is 16.5. The van der Waals surface area contributed by atoms with Gasteiger partial charge in [-0.05, 0) is 56.5 Å². The number of likely N-dealkylation sites (tertiary alicyclic amines) is 1. The molecule has 1 N–H and O–H groups in total. The third kappa shape index (κ3) is 5.01. The predicted octanol–water partition coefficient (Wildman–Crippen LogP) is 3.47. The smallest absolute Gasteiger partial charge is 0.119 e. The first kappa shape index (κ1) is 16.3. The van der Waals surface area contributed by atoms with Crippen molar-refractivity contribution in [2.45, 2.75) is 39.7 Å². The molecule has 0 spiro atoms. The summed E-state index contributed by atoms with van der Waals surface area (Å²) in [5, 5.41) is 3.63. The van der Waals surface area contributed by atoms with Crippen molar-refractivity contribution in [3.8, 4) is 5.75 Å². The molecule has 2 atom stereocenters. The Hall–Kier alpha value is -1.06. The number of ether oxygens (including phenoxy) is 1. The van der Waals surface area contributed by atoms with Crippen LogP contribution in [0.25, 0.3) is 0 Å². The number of nitrogens with one attached hydrogen (secondary N) is 1. The number of benzene rings is 1. The summed E-state index contributed by atoms with van der Waals surface area (Å²) in [5.74, 6) is 1.80. The van der Waals surface area contributed by atoms with Gasteiger partial charge in [-0.25, -0.2) is 0 Å². The fourth-order valence-electron chi connectivity index (χ4n) is 3.21. The van der Waals surface area contributed by atoms with Gasteiger partial charge in [0.2, 0.25) is 0 Å². The molecule has 1 aliphatic rings. The molecular formula is C18H30N2O. The third-order valence-electron chi connectivity index (χ3n) is 4.23. The summed E-state index contributed by atoms with van der Waals surface area (Å²) in [6.07, 6.45) is 2.72. The number of nitrogens with zero attached hydrogens (tertiary/aromatic N) is 1. The highest BCUT2D eigenvalue weighted by Crippen LogP contribution is 2.22. The first-order valence-corrected chi connectivity index (χ1v) is 8.41. The summed E-state index contributed by atoms with van der Waals surface area (Å²) in [6, 6.07) is 8.98. The van der Waals surface area contributed by atoms with Crippen LogP contribution in [0.4, 0.5) is 0 Å². The molecule has 1 aromatic carbocycles. The minimum Gasteiger partial charge on any atom is -0.494 e. The summed E-state index contributed by atoms with van der Waals surface area (Å²) in [6.45, 7) is 11.9. The van der Waals surface area contributed by atoms with Crippen LogP contribution in [0.1, 0.15) is 45.2 Å². The Morgan fingerprint density at radius 3 is 2.67 bits per heavy atom. The fourth-order valence-corrected chi connectivity index (χ4v) is 3.21. The van der Waals surface area contributed by atoms with Crippen molar-refractivity contribution in [2.24, 2.45) is 5.92 Å². The van der Waals surface area contributed by atoms with Crippen LogP contribution in [0.2, 0.25) is 0 Å². The summed E-state index contributed by atoms with van der Waals surface area (Å²) in [4.78, 5) is 2.61. The Morgan fingerprint density at radius 2 is 2.05 bits per heavy atom. The molecular weight excluding hydrogens is 260 g/mol. The number of rotatable bonds is 7. The number of hydrogen-bond donors (Lipinski definition) is 1. The van der Waals surface area contributed by atoms with Crippen molar-refractivity contribution in [1.29, 1.82) is 0 Å². The second-order valence-corrected chi connectivity index (χ2v) is 6.12. The number of hydrogen-bond acceptors (Lipinski definition) is 3. The molecule has 1 fully saturated rings. The molecule has 118 valence electrons. The first-order valence-electron chi connectivity index (χ1n) is 8.41. The van der Waals surface area contributed by atoms with E-state index in [0.29, 0.717) is 6.04 Å². The van der Waals surface area contributed by atoms with E-state index >= 15 is 0 Å². The van der Waals surface area contributed by atoms with Crippen molar-refractivity contribution >= 4 is 0 Å². The maximum Gasteiger partial charge on any atom is 0.119 e. The van der Waals surface area contributed by atoms with Crippen LogP contribution >= 0.6 is 0 Å². The summed E-state index contributed by atoms with van der Waals surface area (Å²) >= 11 is 0. The zero-order chi connectivity index (χ0) is 15.1. The van der Waals surface area contributed by atoms with E-state index in [1.54, 1.807) is 0 Å². The Morgan fingerprint density at radius 1 is 1.29 bits per heavy atom. The van der Waals surface area contributed by atoms with E-state index in [9.17, 15) is 0 Å². The number of piperidine rings is 1. The Bertz CT molecular complexity index is 404. The van der Waals surface area contributed by atoms with E-state index in [0.717, 1.165) is 31.4 Å². The molecule has 2 unspecified atom stereocenters. The zero-order valence-electron chi connectivity index (χ0n) is 13.8. The molecule has 0 aliphatic carbocycles. The van der Waals surface area contributed by atoms with E-state index in [1.807, 2.05) is 6.92 Å². The van der Waals surface area contributed by atoms with Gasteiger partial charge in [0.05, 0.1) is 6.61 Å². The predicted molar refractivity (Wildman–Crippen MR) is 88.9 cm³/mol. The van der Waals surface area contributed by atoms with Gasteiger partial charge in [-0.1, -0.05) is 26.0 Å². The minimum atomic E-state index is 0.413. The van der Waals surface area contributed by atoms with E-state index in [4.69, 9.17) is 4.74 Å². The van der Waals surface area contributed by atoms with E-state index in [1.165, 1.54) is 31.5 Å². The average Bonchev–Trinajstić information content (AvgIpc) is 2.48. The average molecular weight is 290 g/mol. The Labute approximate surface area is 129 Å². The minimum absolute atomic E-state index is 0.413. The van der Waals surface area contributed by atoms with Crippen molar-refractivity contribution in [2.75, 3.05) is 32.8 Å². The standard InChI is InChI=1S/C18H30N2O/c1-4-19-18(14-20-12-6-7-15(3)13-20)16-8-10-17(11-9-16)21-5-2/h8-11,15,18-19H,4-7,12-14H2,1-3H3. The third-order valence-corrected chi connectivity index (χ3v) is 4.23. The molecule has 2 rings (SSSR count). The second kappa shape index (κ2) is 8.40. The monoisotopic (exact) mass is 290 g/mol. The normalized spacial score (nSPS) is 21.2. The van der Waals surface area contributed by atoms with Crippen LogP contribution in [0.5, 0.6) is 5.75 Å². The molecule has 0 amide bonds. The molecule has 1 aliphatic heterocycles. The van der Waals surface area contributed by atoms with Crippen LogP contribution in [0.3, 0.4) is 0 Å². The lowest BCUT2D eigenvalue weighted by Gasteiger charge is -2.34. The van der Waals surface area contributed by atoms with Gasteiger partial charge in [-0.15, -0.1) is 0 Å². The molecule has 0 bridgehead atoms. The highest BCUT2D eigenvalue weighted by Gasteiger charge is 2.20. The van der Waals surface area contributed by atoms with Crippen molar-refractivity contribution in [3.05, 3.63) is 29.8 Å².